The SMILES string of the molecule is CC(=O)c1ccc(-n2cc([N+](=O)[O-])c(C(=O)O)n2)cc1. The lowest BCUT2D eigenvalue weighted by Gasteiger charge is -2.01. The molecule has 1 heterocycles. The largest absolute Gasteiger partial charge is 0.476 e. The van der Waals surface area contributed by atoms with Crippen molar-refractivity contribution in [2.45, 2.75) is 6.92 Å². The number of carbonyl (C=O) groups is 2. The van der Waals surface area contributed by atoms with E-state index >= 15 is 0 Å². The number of ketones is 1. The van der Waals surface area contributed by atoms with Gasteiger partial charge in [0.2, 0.25) is 5.69 Å². The zero-order valence-electron chi connectivity index (χ0n) is 10.3. The Balaban J connectivity index is 2.47. The Kier molecular flexibility index (Phi) is 3.30. The number of hydrogen-bond donors (Lipinski definition) is 1. The van der Waals surface area contributed by atoms with Gasteiger partial charge in [-0.3, -0.25) is 14.9 Å². The standard InChI is InChI=1S/C12H9N3O5/c1-7(16)8-2-4-9(5-3-8)14-6-10(15(19)20)11(13-14)12(17)18/h2-6H,1H3,(H,17,18). The maximum absolute atomic E-state index is 11.1. The van der Waals surface area contributed by atoms with Crippen molar-refractivity contribution >= 4 is 17.4 Å². The van der Waals surface area contributed by atoms with Gasteiger partial charge >= 0.3 is 11.7 Å². The Labute approximate surface area is 112 Å². The summed E-state index contributed by atoms with van der Waals surface area (Å²) in [5.41, 5.74) is -0.321. The molecule has 0 spiro atoms. The molecule has 0 amide bonds. The van der Waals surface area contributed by atoms with Crippen LogP contribution in [-0.4, -0.2) is 31.6 Å². The number of carboxylic acids is 1. The molecule has 8 nitrogen and oxygen atoms in total. The van der Waals surface area contributed by atoms with Crippen LogP contribution in [0.3, 0.4) is 0 Å². The molecule has 1 aromatic carbocycles. The van der Waals surface area contributed by atoms with Crippen LogP contribution < -0.4 is 0 Å². The second-order valence-electron chi connectivity index (χ2n) is 3.97. The smallest absolute Gasteiger partial charge is 0.363 e. The van der Waals surface area contributed by atoms with E-state index in [2.05, 4.69) is 5.10 Å². The van der Waals surface area contributed by atoms with Gasteiger partial charge in [-0.2, -0.15) is 5.10 Å². The fraction of sp³-hybridized carbons (Fsp3) is 0.0833. The van der Waals surface area contributed by atoms with Gasteiger partial charge < -0.3 is 5.11 Å². The normalized spacial score (nSPS) is 10.2. The summed E-state index contributed by atoms with van der Waals surface area (Å²) >= 11 is 0. The number of carboxylic acid groups (broad SMARTS) is 1. The molecule has 0 saturated carbocycles. The van der Waals surface area contributed by atoms with Crippen molar-refractivity contribution in [2.75, 3.05) is 0 Å². The van der Waals surface area contributed by atoms with E-state index in [-0.39, 0.29) is 5.78 Å². The van der Waals surface area contributed by atoms with Crippen molar-refractivity contribution in [1.29, 1.82) is 0 Å². The highest BCUT2D eigenvalue weighted by atomic mass is 16.6. The minimum absolute atomic E-state index is 0.116. The van der Waals surface area contributed by atoms with Gasteiger partial charge in [0, 0.05) is 5.56 Å². The monoisotopic (exact) mass is 275 g/mol. The zero-order chi connectivity index (χ0) is 14.9. The number of nitro groups is 1. The molecular weight excluding hydrogens is 266 g/mol. The Morgan fingerprint density at radius 3 is 2.30 bits per heavy atom. The number of aromatic carboxylic acids is 1. The molecular formula is C12H9N3O5. The summed E-state index contributed by atoms with van der Waals surface area (Å²) in [7, 11) is 0. The first-order valence-electron chi connectivity index (χ1n) is 5.49. The molecule has 0 bridgehead atoms. The minimum atomic E-state index is -1.48. The topological polar surface area (TPSA) is 115 Å². The molecule has 0 atom stereocenters. The molecule has 1 aromatic heterocycles. The van der Waals surface area contributed by atoms with Crippen molar-refractivity contribution < 1.29 is 19.6 Å². The first-order valence-corrected chi connectivity index (χ1v) is 5.49. The van der Waals surface area contributed by atoms with Crippen LogP contribution in [0.4, 0.5) is 5.69 Å². The van der Waals surface area contributed by atoms with E-state index in [9.17, 15) is 19.7 Å². The molecule has 8 heteroatoms. The second-order valence-corrected chi connectivity index (χ2v) is 3.97. The van der Waals surface area contributed by atoms with Crippen molar-refractivity contribution in [3.63, 3.8) is 0 Å². The second kappa shape index (κ2) is 4.92. The summed E-state index contributed by atoms with van der Waals surface area (Å²) in [4.78, 5) is 32.0. The third-order valence-corrected chi connectivity index (χ3v) is 2.63. The molecule has 0 aliphatic carbocycles. The fourth-order valence-electron chi connectivity index (χ4n) is 1.63. The Morgan fingerprint density at radius 2 is 1.90 bits per heavy atom. The number of carbonyl (C=O) groups excluding carboxylic acids is 1. The minimum Gasteiger partial charge on any atom is -0.476 e. The van der Waals surface area contributed by atoms with E-state index in [0.717, 1.165) is 10.9 Å². The highest BCUT2D eigenvalue weighted by molar-refractivity contribution is 5.94. The molecule has 0 radical (unpaired) electrons. The van der Waals surface area contributed by atoms with Gasteiger partial charge in [-0.25, -0.2) is 9.48 Å². The first-order chi connectivity index (χ1) is 9.40. The van der Waals surface area contributed by atoms with Gasteiger partial charge in [0.05, 0.1) is 10.6 Å². The lowest BCUT2D eigenvalue weighted by atomic mass is 10.1. The van der Waals surface area contributed by atoms with Crippen molar-refractivity contribution in [3.8, 4) is 5.69 Å². The van der Waals surface area contributed by atoms with Gasteiger partial charge in [-0.05, 0) is 31.2 Å². The molecule has 20 heavy (non-hydrogen) atoms. The van der Waals surface area contributed by atoms with Crippen molar-refractivity contribution in [1.82, 2.24) is 9.78 Å². The number of hydrogen-bond acceptors (Lipinski definition) is 5. The van der Waals surface area contributed by atoms with E-state index in [1.54, 1.807) is 0 Å². The van der Waals surface area contributed by atoms with Crippen LogP contribution in [-0.2, 0) is 0 Å². The molecule has 0 fully saturated rings. The summed E-state index contributed by atoms with van der Waals surface area (Å²) < 4.78 is 1.09. The van der Waals surface area contributed by atoms with Crippen LogP contribution in [0.1, 0.15) is 27.8 Å². The lowest BCUT2D eigenvalue weighted by molar-refractivity contribution is -0.385. The highest BCUT2D eigenvalue weighted by Crippen LogP contribution is 2.20. The van der Waals surface area contributed by atoms with Crippen molar-refractivity contribution in [3.05, 3.63) is 51.8 Å². The number of nitrogens with zero attached hydrogens (tertiary/aromatic N) is 3. The Hall–Kier alpha value is -3.03. The average molecular weight is 275 g/mol. The van der Waals surface area contributed by atoms with Gasteiger partial charge in [-0.1, -0.05) is 0 Å². The number of aromatic nitrogens is 2. The summed E-state index contributed by atoms with van der Waals surface area (Å²) in [6.45, 7) is 1.41. The summed E-state index contributed by atoms with van der Waals surface area (Å²) in [6.07, 6.45) is 1.02. The maximum atomic E-state index is 11.1. The molecule has 0 unspecified atom stereocenters. The van der Waals surface area contributed by atoms with Gasteiger partial charge in [0.25, 0.3) is 0 Å². The first kappa shape index (κ1) is 13.4. The third-order valence-electron chi connectivity index (χ3n) is 2.63. The third kappa shape index (κ3) is 2.39. The highest BCUT2D eigenvalue weighted by Gasteiger charge is 2.25. The van der Waals surface area contributed by atoms with Crippen LogP contribution in [0.15, 0.2) is 30.5 Å². The molecule has 2 rings (SSSR count). The Bertz CT molecular complexity index is 671. The van der Waals surface area contributed by atoms with Crippen LogP contribution in [0.2, 0.25) is 0 Å². The summed E-state index contributed by atoms with van der Waals surface area (Å²) in [5.74, 6) is -1.59. The number of rotatable bonds is 4. The summed E-state index contributed by atoms with van der Waals surface area (Å²) in [6, 6.07) is 6.12. The van der Waals surface area contributed by atoms with Crippen molar-refractivity contribution in [2.24, 2.45) is 0 Å². The van der Waals surface area contributed by atoms with Crippen LogP contribution in [0.5, 0.6) is 0 Å². The van der Waals surface area contributed by atoms with Crippen LogP contribution >= 0.6 is 0 Å². The van der Waals surface area contributed by atoms with Crippen LogP contribution in [0, 0.1) is 10.1 Å². The van der Waals surface area contributed by atoms with E-state index in [4.69, 9.17) is 5.11 Å². The molecule has 102 valence electrons. The van der Waals surface area contributed by atoms with Crippen LogP contribution in [0.25, 0.3) is 5.69 Å². The van der Waals surface area contributed by atoms with E-state index in [1.165, 1.54) is 31.2 Å². The molecule has 2 aromatic rings. The van der Waals surface area contributed by atoms with Gasteiger partial charge in [0.1, 0.15) is 6.20 Å². The lowest BCUT2D eigenvalue weighted by Crippen LogP contribution is -2.03. The van der Waals surface area contributed by atoms with Gasteiger partial charge in [0.15, 0.2) is 5.78 Å². The van der Waals surface area contributed by atoms with E-state index in [0.29, 0.717) is 11.3 Å². The fourth-order valence-corrected chi connectivity index (χ4v) is 1.63. The predicted octanol–water partition coefficient (Wildman–Crippen LogP) is 1.68. The quantitative estimate of drug-likeness (QED) is 0.515. The average Bonchev–Trinajstić information content (AvgIpc) is 2.84. The maximum Gasteiger partial charge on any atom is 0.363 e. The molecule has 0 aliphatic rings. The van der Waals surface area contributed by atoms with E-state index < -0.39 is 22.3 Å². The molecule has 0 aliphatic heterocycles. The predicted molar refractivity (Wildman–Crippen MR) is 67.2 cm³/mol. The number of Topliss-reactive ketones (excluding diaryl/α,β-unsaturated/α-hetero) is 1. The zero-order valence-corrected chi connectivity index (χ0v) is 10.3. The molecule has 0 saturated heterocycles. The molecule has 1 N–H and O–H groups in total. The van der Waals surface area contributed by atoms with Gasteiger partial charge in [-0.15, -0.1) is 0 Å². The Morgan fingerprint density at radius 1 is 1.30 bits per heavy atom. The number of benzene rings is 1. The summed E-state index contributed by atoms with van der Waals surface area (Å²) in [5, 5.41) is 23.3. The van der Waals surface area contributed by atoms with E-state index in [1.807, 2.05) is 0 Å².